The van der Waals surface area contributed by atoms with Crippen LogP contribution in [0.15, 0.2) is 21.3 Å². The highest BCUT2D eigenvalue weighted by Crippen LogP contribution is 2.43. The first-order chi connectivity index (χ1) is 10.4. The third-order valence-electron chi connectivity index (χ3n) is 4.20. The molecule has 3 rings (SSSR count). The fraction of sp³-hybridized carbons (Fsp3) is 0.375. The zero-order valence-electron chi connectivity index (χ0n) is 12.4. The summed E-state index contributed by atoms with van der Waals surface area (Å²) in [5, 5.41) is 20.7. The van der Waals surface area contributed by atoms with E-state index in [1.165, 1.54) is 12.1 Å². The number of nitrogens with zero attached hydrogens (tertiary/aromatic N) is 1. The molecule has 2 heterocycles. The van der Waals surface area contributed by atoms with Gasteiger partial charge in [-0.2, -0.15) is 0 Å². The Morgan fingerprint density at radius 2 is 2.00 bits per heavy atom. The lowest BCUT2D eigenvalue weighted by atomic mass is 9.87. The van der Waals surface area contributed by atoms with Crippen molar-refractivity contribution in [1.82, 2.24) is 4.90 Å². The van der Waals surface area contributed by atoms with Gasteiger partial charge in [-0.15, -0.1) is 0 Å². The van der Waals surface area contributed by atoms with Crippen molar-refractivity contribution >= 4 is 16.9 Å². The zero-order valence-corrected chi connectivity index (χ0v) is 12.4. The first-order valence-electron chi connectivity index (χ1n) is 7.11. The lowest BCUT2D eigenvalue weighted by Crippen LogP contribution is -2.34. The average molecular weight is 303 g/mol. The number of fused-ring (bicyclic) bond motifs is 1. The van der Waals surface area contributed by atoms with Gasteiger partial charge in [-0.05, 0) is 13.3 Å². The van der Waals surface area contributed by atoms with Gasteiger partial charge in [-0.3, -0.25) is 9.59 Å². The molecular formula is C16H17NO5. The maximum Gasteiger partial charge on any atom is 0.222 e. The quantitative estimate of drug-likeness (QED) is 0.839. The molecule has 2 N–H and O–H groups in total. The molecule has 0 bridgehead atoms. The summed E-state index contributed by atoms with van der Waals surface area (Å²) in [4.78, 5) is 25.6. The lowest BCUT2D eigenvalue weighted by molar-refractivity contribution is -0.132. The topological polar surface area (TPSA) is 91.0 Å². The molecule has 6 nitrogen and oxygen atoms in total. The minimum atomic E-state index is -0.364. The van der Waals surface area contributed by atoms with Crippen molar-refractivity contribution < 1.29 is 19.4 Å². The van der Waals surface area contributed by atoms with Crippen LogP contribution in [-0.2, 0) is 4.79 Å². The monoisotopic (exact) mass is 303 g/mol. The Morgan fingerprint density at radius 1 is 1.27 bits per heavy atom. The Labute approximate surface area is 126 Å². The molecular weight excluding hydrogens is 286 g/mol. The minimum Gasteiger partial charge on any atom is -0.507 e. The van der Waals surface area contributed by atoms with Gasteiger partial charge < -0.3 is 19.5 Å². The molecule has 1 atom stereocenters. The standard InChI is InChI=1S/C16H17NO5/c1-8-5-10(18)15-12(22-8)7-11(19)14(16(15)21)9-3-4-17(2)13(20)6-9/h5,7,9,19,21H,3-4,6H2,1-2H3/t9-/m0/s1. The van der Waals surface area contributed by atoms with E-state index in [1.807, 2.05) is 0 Å². The van der Waals surface area contributed by atoms with Crippen LogP contribution < -0.4 is 5.43 Å². The van der Waals surface area contributed by atoms with Crippen LogP contribution in [0.2, 0.25) is 0 Å². The van der Waals surface area contributed by atoms with Crippen LogP contribution in [0.3, 0.4) is 0 Å². The summed E-state index contributed by atoms with van der Waals surface area (Å²) < 4.78 is 5.39. The molecule has 6 heteroatoms. The van der Waals surface area contributed by atoms with Gasteiger partial charge in [0, 0.05) is 43.6 Å². The number of likely N-dealkylation sites (tertiary alicyclic amines) is 1. The van der Waals surface area contributed by atoms with Crippen molar-refractivity contribution in [2.45, 2.75) is 25.7 Å². The van der Waals surface area contributed by atoms with Gasteiger partial charge in [-0.1, -0.05) is 0 Å². The molecule has 1 aromatic carbocycles. The van der Waals surface area contributed by atoms with Gasteiger partial charge in [0.05, 0.1) is 0 Å². The predicted molar refractivity (Wildman–Crippen MR) is 80.2 cm³/mol. The molecule has 1 aliphatic rings. The van der Waals surface area contributed by atoms with E-state index >= 15 is 0 Å². The number of rotatable bonds is 1. The molecule has 0 radical (unpaired) electrons. The van der Waals surface area contributed by atoms with Crippen LogP contribution >= 0.6 is 0 Å². The van der Waals surface area contributed by atoms with E-state index in [2.05, 4.69) is 0 Å². The van der Waals surface area contributed by atoms with Crippen molar-refractivity contribution in [3.63, 3.8) is 0 Å². The summed E-state index contributed by atoms with van der Waals surface area (Å²) in [6, 6.07) is 2.63. The first kappa shape index (κ1) is 14.4. The van der Waals surface area contributed by atoms with E-state index in [9.17, 15) is 19.8 Å². The van der Waals surface area contributed by atoms with Crippen LogP contribution in [-0.4, -0.2) is 34.6 Å². The number of carbonyl (C=O) groups is 1. The Bertz CT molecular complexity index is 823. The fourth-order valence-corrected chi connectivity index (χ4v) is 3.02. The van der Waals surface area contributed by atoms with E-state index < -0.39 is 0 Å². The van der Waals surface area contributed by atoms with Crippen molar-refractivity contribution in [3.8, 4) is 11.5 Å². The minimum absolute atomic E-state index is 0.0461. The zero-order chi connectivity index (χ0) is 16.0. The number of phenols is 2. The molecule has 1 aliphatic heterocycles. The number of hydrogen-bond acceptors (Lipinski definition) is 5. The van der Waals surface area contributed by atoms with Gasteiger partial charge in [0.1, 0.15) is 28.2 Å². The fourth-order valence-electron chi connectivity index (χ4n) is 3.02. The maximum atomic E-state index is 12.1. The Balaban J connectivity index is 2.19. The molecule has 2 aromatic rings. The van der Waals surface area contributed by atoms with Gasteiger partial charge in [0.25, 0.3) is 0 Å². The van der Waals surface area contributed by atoms with E-state index in [1.54, 1.807) is 18.9 Å². The van der Waals surface area contributed by atoms with Crippen LogP contribution in [0.4, 0.5) is 0 Å². The van der Waals surface area contributed by atoms with E-state index in [0.717, 1.165) is 0 Å². The molecule has 1 saturated heterocycles. The molecule has 1 amide bonds. The third-order valence-corrected chi connectivity index (χ3v) is 4.20. The molecule has 1 aromatic heterocycles. The smallest absolute Gasteiger partial charge is 0.222 e. The highest BCUT2D eigenvalue weighted by molar-refractivity contribution is 5.88. The third kappa shape index (κ3) is 2.20. The molecule has 0 unspecified atom stereocenters. The van der Waals surface area contributed by atoms with Gasteiger partial charge in [0.15, 0.2) is 5.43 Å². The predicted octanol–water partition coefficient (Wildman–Crippen LogP) is 1.85. The molecule has 116 valence electrons. The molecule has 1 fully saturated rings. The Morgan fingerprint density at radius 3 is 2.68 bits per heavy atom. The van der Waals surface area contributed by atoms with Crippen LogP contribution in [0.5, 0.6) is 11.5 Å². The normalized spacial score (nSPS) is 18.9. The van der Waals surface area contributed by atoms with Gasteiger partial charge in [0.2, 0.25) is 5.91 Å². The van der Waals surface area contributed by atoms with Crippen molar-refractivity contribution in [3.05, 3.63) is 33.7 Å². The van der Waals surface area contributed by atoms with Gasteiger partial charge >= 0.3 is 0 Å². The van der Waals surface area contributed by atoms with Crippen molar-refractivity contribution in [1.29, 1.82) is 0 Å². The van der Waals surface area contributed by atoms with E-state index in [0.29, 0.717) is 18.7 Å². The Hall–Kier alpha value is -2.50. The largest absolute Gasteiger partial charge is 0.507 e. The van der Waals surface area contributed by atoms with Gasteiger partial charge in [-0.25, -0.2) is 0 Å². The van der Waals surface area contributed by atoms with Crippen LogP contribution in [0, 0.1) is 6.92 Å². The number of hydrogen-bond donors (Lipinski definition) is 2. The molecule has 0 aliphatic carbocycles. The lowest BCUT2D eigenvalue weighted by Gasteiger charge is -2.29. The first-order valence-corrected chi connectivity index (χ1v) is 7.11. The molecule has 22 heavy (non-hydrogen) atoms. The molecule has 0 saturated carbocycles. The number of phenolic OH excluding ortho intramolecular Hbond substituents is 2. The number of benzene rings is 1. The van der Waals surface area contributed by atoms with Crippen LogP contribution in [0.25, 0.3) is 11.0 Å². The highest BCUT2D eigenvalue weighted by atomic mass is 16.3. The second kappa shape index (κ2) is 5.05. The summed E-state index contributed by atoms with van der Waals surface area (Å²) in [5.74, 6) is -0.398. The number of piperidine rings is 1. The number of aromatic hydroxyl groups is 2. The number of aryl methyl sites for hydroxylation is 1. The Kier molecular flexibility index (Phi) is 3.31. The molecule has 0 spiro atoms. The summed E-state index contributed by atoms with van der Waals surface area (Å²) in [5.41, 5.74) is 0.0323. The number of amides is 1. The number of carbonyl (C=O) groups excluding carboxylic acids is 1. The summed E-state index contributed by atoms with van der Waals surface area (Å²) >= 11 is 0. The van der Waals surface area contributed by atoms with E-state index in [-0.39, 0.29) is 51.7 Å². The average Bonchev–Trinajstić information content (AvgIpc) is 2.41. The van der Waals surface area contributed by atoms with Crippen LogP contribution in [0.1, 0.15) is 30.1 Å². The highest BCUT2D eigenvalue weighted by Gasteiger charge is 2.30. The summed E-state index contributed by atoms with van der Waals surface area (Å²) in [6.45, 7) is 2.17. The maximum absolute atomic E-state index is 12.1. The van der Waals surface area contributed by atoms with E-state index in [4.69, 9.17) is 4.42 Å². The summed E-state index contributed by atoms with van der Waals surface area (Å²) in [7, 11) is 1.72. The SMILES string of the molecule is Cc1cc(=O)c2c(O)c([C@H]3CCN(C)C(=O)C3)c(O)cc2o1. The second-order valence-electron chi connectivity index (χ2n) is 5.76. The second-order valence-corrected chi connectivity index (χ2v) is 5.76. The summed E-state index contributed by atoms with van der Waals surface area (Å²) in [6.07, 6.45) is 0.812. The van der Waals surface area contributed by atoms with Crippen molar-refractivity contribution in [2.75, 3.05) is 13.6 Å². The van der Waals surface area contributed by atoms with Crippen molar-refractivity contribution in [2.24, 2.45) is 0 Å².